The molecule has 1 aromatic rings. The highest BCUT2D eigenvalue weighted by Gasteiger charge is 2.30. The second-order valence-corrected chi connectivity index (χ2v) is 3.72. The molecule has 1 aliphatic rings. The number of alkyl halides is 1. The molecule has 0 N–H and O–H groups in total. The lowest BCUT2D eigenvalue weighted by Gasteiger charge is -2.11. The van der Waals surface area contributed by atoms with Crippen LogP contribution in [0.25, 0.3) is 0 Å². The van der Waals surface area contributed by atoms with Crippen molar-refractivity contribution in [3.63, 3.8) is 0 Å². The highest BCUT2D eigenvalue weighted by molar-refractivity contribution is 6.20. The number of nitrogens with zero attached hydrogens (tertiary/aromatic N) is 1. The molecule has 2 rings (SSSR count). The Labute approximate surface area is 88.5 Å². The van der Waals surface area contributed by atoms with E-state index < -0.39 is 0 Å². The highest BCUT2D eigenvalue weighted by Crippen LogP contribution is 2.23. The van der Waals surface area contributed by atoms with Gasteiger partial charge in [-0.25, -0.2) is 0 Å². The maximum Gasteiger partial charge on any atom is 0.134 e. The van der Waals surface area contributed by atoms with Gasteiger partial charge >= 0.3 is 0 Å². The van der Waals surface area contributed by atoms with Crippen LogP contribution in [0.15, 0.2) is 35.5 Å². The molecule has 0 unspecified atom stereocenters. The zero-order valence-corrected chi connectivity index (χ0v) is 8.74. The molecule has 0 saturated carbocycles. The zero-order chi connectivity index (χ0) is 9.97. The van der Waals surface area contributed by atoms with Gasteiger partial charge in [0.1, 0.15) is 6.10 Å². The lowest BCUT2D eigenvalue weighted by atomic mass is 9.95. The van der Waals surface area contributed by atoms with Gasteiger partial charge in [-0.2, -0.15) is 0 Å². The smallest absolute Gasteiger partial charge is 0.134 e. The third-order valence-electron chi connectivity index (χ3n) is 2.47. The molecule has 2 nitrogen and oxygen atoms in total. The first-order chi connectivity index (χ1) is 6.83. The molecule has 0 aliphatic carbocycles. The third kappa shape index (κ3) is 1.62. The molecule has 1 aliphatic heterocycles. The molecule has 0 aromatic heterocycles. The van der Waals surface area contributed by atoms with E-state index in [1.165, 1.54) is 0 Å². The summed E-state index contributed by atoms with van der Waals surface area (Å²) in [6.07, 6.45) is 0.0858. The summed E-state index contributed by atoms with van der Waals surface area (Å²) in [6.45, 7) is 1.99. The van der Waals surface area contributed by atoms with Crippen LogP contribution >= 0.6 is 11.6 Å². The minimum atomic E-state index is 0.0858. The van der Waals surface area contributed by atoms with E-state index >= 15 is 0 Å². The summed E-state index contributed by atoms with van der Waals surface area (Å²) in [5.74, 6) is 0.758. The summed E-state index contributed by atoms with van der Waals surface area (Å²) in [4.78, 5) is 5.23. The first kappa shape index (κ1) is 9.53. The average molecular weight is 210 g/mol. The van der Waals surface area contributed by atoms with Gasteiger partial charge in [0, 0.05) is 5.88 Å². The molecule has 1 heterocycles. The number of hydrogen-bond acceptors (Lipinski definition) is 2. The van der Waals surface area contributed by atoms with Gasteiger partial charge in [0.15, 0.2) is 0 Å². The van der Waals surface area contributed by atoms with E-state index in [1.807, 2.05) is 37.3 Å². The molecule has 14 heavy (non-hydrogen) atoms. The van der Waals surface area contributed by atoms with Crippen LogP contribution in [0.4, 0.5) is 0 Å². The maximum atomic E-state index is 5.89. The molecule has 0 fully saturated rings. The molecule has 0 amide bonds. The third-order valence-corrected chi connectivity index (χ3v) is 2.80. The molecule has 0 spiro atoms. The summed E-state index contributed by atoms with van der Waals surface area (Å²) in [7, 11) is 0. The topological polar surface area (TPSA) is 21.6 Å². The first-order valence-corrected chi connectivity index (χ1v) is 5.21. The van der Waals surface area contributed by atoms with Crippen molar-refractivity contribution in [2.24, 2.45) is 11.1 Å². The van der Waals surface area contributed by atoms with Crippen LogP contribution in [-0.4, -0.2) is 17.7 Å². The Bertz CT molecular complexity index is 336. The Balaban J connectivity index is 2.28. The van der Waals surface area contributed by atoms with Crippen molar-refractivity contribution < 1.29 is 4.84 Å². The second kappa shape index (κ2) is 4.01. The number of hydrogen-bond donors (Lipinski definition) is 0. The van der Waals surface area contributed by atoms with E-state index in [2.05, 4.69) is 5.16 Å². The molecule has 3 heteroatoms. The van der Waals surface area contributed by atoms with Crippen LogP contribution in [0, 0.1) is 5.92 Å². The molecule has 0 saturated heterocycles. The van der Waals surface area contributed by atoms with Crippen molar-refractivity contribution in [2.75, 3.05) is 5.88 Å². The second-order valence-electron chi connectivity index (χ2n) is 3.41. The van der Waals surface area contributed by atoms with Crippen LogP contribution in [-0.2, 0) is 4.84 Å². The van der Waals surface area contributed by atoms with Gasteiger partial charge in [-0.15, -0.1) is 11.6 Å². The maximum absolute atomic E-state index is 5.89. The lowest BCUT2D eigenvalue weighted by molar-refractivity contribution is 0.0806. The Kier molecular flexibility index (Phi) is 2.73. The van der Waals surface area contributed by atoms with Crippen LogP contribution < -0.4 is 0 Å². The molecule has 1 aromatic carbocycles. The van der Waals surface area contributed by atoms with E-state index in [0.717, 1.165) is 11.3 Å². The monoisotopic (exact) mass is 209 g/mol. The standard InChI is InChI=1S/C11H12ClNO/c1-8-10(7-12)11(13-14-8)9-5-3-2-4-6-9/h2-6,8,10H,7H2,1H3/t8-,10-/m1/s1. The van der Waals surface area contributed by atoms with E-state index in [4.69, 9.17) is 16.4 Å². The van der Waals surface area contributed by atoms with Gasteiger partial charge < -0.3 is 4.84 Å². The number of benzene rings is 1. The predicted octanol–water partition coefficient (Wildman–Crippen LogP) is 2.66. The fourth-order valence-electron chi connectivity index (χ4n) is 1.58. The molecule has 0 radical (unpaired) electrons. The number of oxime groups is 1. The summed E-state index contributed by atoms with van der Waals surface area (Å²) in [5, 5.41) is 4.07. The average Bonchev–Trinajstić information content (AvgIpc) is 2.61. The highest BCUT2D eigenvalue weighted by atomic mass is 35.5. The van der Waals surface area contributed by atoms with Crippen molar-refractivity contribution in [1.82, 2.24) is 0 Å². The van der Waals surface area contributed by atoms with Crippen molar-refractivity contribution in [1.29, 1.82) is 0 Å². The molecule has 2 atom stereocenters. The van der Waals surface area contributed by atoms with Crippen molar-refractivity contribution >= 4 is 17.3 Å². The quantitative estimate of drug-likeness (QED) is 0.687. The van der Waals surface area contributed by atoms with Gasteiger partial charge in [-0.05, 0) is 12.5 Å². The molecular formula is C11H12ClNO. The molecule has 74 valence electrons. The van der Waals surface area contributed by atoms with Gasteiger partial charge in [0.25, 0.3) is 0 Å². The Morgan fingerprint density at radius 2 is 2.07 bits per heavy atom. The molecule has 0 bridgehead atoms. The summed E-state index contributed by atoms with van der Waals surface area (Å²) in [6, 6.07) is 10.0. The Hall–Kier alpha value is -1.02. The van der Waals surface area contributed by atoms with E-state index in [0.29, 0.717) is 5.88 Å². The van der Waals surface area contributed by atoms with Gasteiger partial charge in [-0.3, -0.25) is 0 Å². The molecular weight excluding hydrogens is 198 g/mol. The van der Waals surface area contributed by atoms with Crippen molar-refractivity contribution in [3.05, 3.63) is 35.9 Å². The van der Waals surface area contributed by atoms with E-state index in [-0.39, 0.29) is 12.0 Å². The lowest BCUT2D eigenvalue weighted by Crippen LogP contribution is -2.22. The normalized spacial score (nSPS) is 25.7. The van der Waals surface area contributed by atoms with Crippen LogP contribution in [0.2, 0.25) is 0 Å². The SMILES string of the molecule is C[C@H]1ON=C(c2ccccc2)[C@@H]1CCl. The minimum absolute atomic E-state index is 0.0858. The van der Waals surface area contributed by atoms with Crippen molar-refractivity contribution in [2.45, 2.75) is 13.0 Å². The van der Waals surface area contributed by atoms with Crippen LogP contribution in [0.3, 0.4) is 0 Å². The number of rotatable bonds is 2. The summed E-state index contributed by atoms with van der Waals surface area (Å²) < 4.78 is 0. The Morgan fingerprint density at radius 3 is 2.71 bits per heavy atom. The van der Waals surface area contributed by atoms with Gasteiger partial charge in [0.2, 0.25) is 0 Å². The largest absolute Gasteiger partial charge is 0.392 e. The fourth-order valence-corrected chi connectivity index (χ4v) is 1.97. The predicted molar refractivity (Wildman–Crippen MR) is 57.7 cm³/mol. The van der Waals surface area contributed by atoms with E-state index in [1.54, 1.807) is 0 Å². The van der Waals surface area contributed by atoms with E-state index in [9.17, 15) is 0 Å². The fraction of sp³-hybridized carbons (Fsp3) is 0.364. The van der Waals surface area contributed by atoms with Crippen LogP contribution in [0.5, 0.6) is 0 Å². The van der Waals surface area contributed by atoms with Gasteiger partial charge in [-0.1, -0.05) is 35.5 Å². The zero-order valence-electron chi connectivity index (χ0n) is 7.98. The summed E-state index contributed by atoms with van der Waals surface area (Å²) >= 11 is 5.89. The first-order valence-electron chi connectivity index (χ1n) is 4.68. The van der Waals surface area contributed by atoms with Crippen molar-refractivity contribution in [3.8, 4) is 0 Å². The van der Waals surface area contributed by atoms with Crippen LogP contribution in [0.1, 0.15) is 12.5 Å². The number of halogens is 1. The minimum Gasteiger partial charge on any atom is -0.392 e. The van der Waals surface area contributed by atoms with Gasteiger partial charge in [0.05, 0.1) is 11.6 Å². The Morgan fingerprint density at radius 1 is 1.36 bits per heavy atom. The summed E-state index contributed by atoms with van der Waals surface area (Å²) in [5.41, 5.74) is 2.07.